The van der Waals surface area contributed by atoms with Gasteiger partial charge in [0.2, 0.25) is 0 Å². The number of nitrogens with one attached hydrogen (secondary N) is 1. The van der Waals surface area contributed by atoms with Gasteiger partial charge in [-0.15, -0.1) is 0 Å². The zero-order chi connectivity index (χ0) is 18.0. The van der Waals surface area contributed by atoms with Crippen molar-refractivity contribution in [1.82, 2.24) is 5.32 Å². The summed E-state index contributed by atoms with van der Waals surface area (Å²) in [7, 11) is 0. The van der Waals surface area contributed by atoms with E-state index in [9.17, 15) is 17.6 Å². The van der Waals surface area contributed by atoms with Crippen LogP contribution in [0.4, 0.5) is 23.2 Å². The van der Waals surface area contributed by atoms with E-state index < -0.39 is 17.6 Å². The van der Waals surface area contributed by atoms with E-state index in [0.29, 0.717) is 18.3 Å². The van der Waals surface area contributed by atoms with Crippen LogP contribution in [0.5, 0.6) is 0 Å². The zero-order valence-corrected chi connectivity index (χ0v) is 14.2. The van der Waals surface area contributed by atoms with Crippen molar-refractivity contribution in [3.05, 3.63) is 29.6 Å². The van der Waals surface area contributed by atoms with Crippen LogP contribution in [0.3, 0.4) is 0 Å². The highest BCUT2D eigenvalue weighted by Gasteiger charge is 2.34. The molecule has 3 nitrogen and oxygen atoms in total. The highest BCUT2D eigenvalue weighted by atomic mass is 19.4. The third-order valence-electron chi connectivity index (χ3n) is 5.31. The molecule has 1 aliphatic heterocycles. The molecule has 1 unspecified atom stereocenters. The molecule has 0 spiro atoms. The predicted molar refractivity (Wildman–Crippen MR) is 90.0 cm³/mol. The third kappa shape index (κ3) is 4.44. The van der Waals surface area contributed by atoms with Crippen LogP contribution in [-0.4, -0.2) is 31.2 Å². The molecule has 0 amide bonds. The molecular formula is C18H25F4N3. The fraction of sp³-hybridized carbons (Fsp3) is 0.667. The van der Waals surface area contributed by atoms with Crippen molar-refractivity contribution in [3.63, 3.8) is 0 Å². The Morgan fingerprint density at radius 2 is 1.84 bits per heavy atom. The van der Waals surface area contributed by atoms with Crippen molar-refractivity contribution in [2.45, 2.75) is 62.8 Å². The highest BCUT2D eigenvalue weighted by Crippen LogP contribution is 2.33. The molecule has 25 heavy (non-hydrogen) atoms. The maximum atomic E-state index is 13.8. The fourth-order valence-corrected chi connectivity index (χ4v) is 3.95. The number of benzene rings is 1. The van der Waals surface area contributed by atoms with Crippen LogP contribution in [0.25, 0.3) is 0 Å². The topological polar surface area (TPSA) is 41.3 Å². The van der Waals surface area contributed by atoms with Crippen LogP contribution in [0.2, 0.25) is 0 Å². The Balaban J connectivity index is 1.66. The summed E-state index contributed by atoms with van der Waals surface area (Å²) in [6, 6.07) is 3.88. The Morgan fingerprint density at radius 1 is 1.08 bits per heavy atom. The number of piperidine rings is 1. The molecule has 2 fully saturated rings. The van der Waals surface area contributed by atoms with Crippen molar-refractivity contribution in [2.24, 2.45) is 5.73 Å². The first-order valence-corrected chi connectivity index (χ1v) is 8.98. The van der Waals surface area contributed by atoms with Crippen molar-refractivity contribution >= 4 is 5.69 Å². The number of alkyl halides is 3. The van der Waals surface area contributed by atoms with Gasteiger partial charge in [-0.1, -0.05) is 12.8 Å². The smallest absolute Gasteiger partial charge is 0.370 e. The predicted octanol–water partition coefficient (Wildman–Crippen LogP) is 3.67. The maximum absolute atomic E-state index is 13.8. The number of hydrogen-bond acceptors (Lipinski definition) is 3. The van der Waals surface area contributed by atoms with E-state index in [1.54, 1.807) is 0 Å². The quantitative estimate of drug-likeness (QED) is 0.809. The number of hydrogen-bond donors (Lipinski definition) is 2. The molecular weight excluding hydrogens is 334 g/mol. The second-order valence-electron chi connectivity index (χ2n) is 7.17. The summed E-state index contributed by atoms with van der Waals surface area (Å²) in [6.07, 6.45) is 1.69. The molecule has 140 valence electrons. The summed E-state index contributed by atoms with van der Waals surface area (Å²) in [5, 5.41) is 3.62. The number of nitrogens with two attached hydrogens (primary N) is 1. The van der Waals surface area contributed by atoms with Crippen LogP contribution in [0.1, 0.15) is 44.1 Å². The molecule has 0 aromatic heterocycles. The zero-order valence-electron chi connectivity index (χ0n) is 14.2. The summed E-state index contributed by atoms with van der Waals surface area (Å²) in [4.78, 5) is 1.96. The summed E-state index contributed by atoms with van der Waals surface area (Å²) >= 11 is 0. The number of halogens is 4. The lowest BCUT2D eigenvalue weighted by molar-refractivity contribution is -0.139. The van der Waals surface area contributed by atoms with Gasteiger partial charge >= 0.3 is 6.18 Å². The first-order valence-electron chi connectivity index (χ1n) is 8.98. The minimum atomic E-state index is -4.66. The molecule has 2 aliphatic rings. The lowest BCUT2D eigenvalue weighted by Gasteiger charge is -2.39. The molecule has 1 heterocycles. The molecule has 3 rings (SSSR count). The SMILES string of the molecule is N[C@@H]1CCCC[C@H]1NC1CCCN(c2ccc(C(F)(F)F)c(F)c2)C1. The first-order chi connectivity index (χ1) is 11.8. The number of rotatable bonds is 3. The average Bonchev–Trinajstić information content (AvgIpc) is 2.56. The Labute approximate surface area is 145 Å². The Hall–Kier alpha value is -1.34. The molecule has 0 bridgehead atoms. The first kappa shape index (κ1) is 18.5. The fourth-order valence-electron chi connectivity index (χ4n) is 3.95. The Bertz CT molecular complexity index is 590. The molecule has 1 aromatic carbocycles. The average molecular weight is 359 g/mol. The second kappa shape index (κ2) is 7.50. The van der Waals surface area contributed by atoms with E-state index in [0.717, 1.165) is 44.4 Å². The molecule has 1 saturated heterocycles. The van der Waals surface area contributed by atoms with Gasteiger partial charge in [-0.25, -0.2) is 4.39 Å². The Kier molecular flexibility index (Phi) is 5.53. The van der Waals surface area contributed by atoms with E-state index in [4.69, 9.17) is 5.73 Å². The van der Waals surface area contributed by atoms with Crippen LogP contribution in [0, 0.1) is 5.82 Å². The molecule has 0 radical (unpaired) electrons. The number of nitrogens with zero attached hydrogens (tertiary/aromatic N) is 1. The molecule has 3 atom stereocenters. The van der Waals surface area contributed by atoms with E-state index in [-0.39, 0.29) is 12.1 Å². The second-order valence-corrected chi connectivity index (χ2v) is 7.17. The minimum absolute atomic E-state index is 0.160. The number of anilines is 1. The molecule has 3 N–H and O–H groups in total. The summed E-state index contributed by atoms with van der Waals surface area (Å²) in [5.74, 6) is -1.21. The monoisotopic (exact) mass is 359 g/mol. The lowest BCUT2D eigenvalue weighted by atomic mass is 9.89. The molecule has 7 heteroatoms. The van der Waals surface area contributed by atoms with Crippen molar-refractivity contribution < 1.29 is 17.6 Å². The Morgan fingerprint density at radius 3 is 2.52 bits per heavy atom. The van der Waals surface area contributed by atoms with Crippen LogP contribution in [-0.2, 0) is 6.18 Å². The maximum Gasteiger partial charge on any atom is 0.419 e. The summed E-state index contributed by atoms with van der Waals surface area (Å²) in [6.45, 7) is 1.38. The van der Waals surface area contributed by atoms with Gasteiger partial charge in [0.25, 0.3) is 0 Å². The van der Waals surface area contributed by atoms with E-state index in [1.165, 1.54) is 18.9 Å². The van der Waals surface area contributed by atoms with Crippen molar-refractivity contribution in [2.75, 3.05) is 18.0 Å². The summed E-state index contributed by atoms with van der Waals surface area (Å²) < 4.78 is 52.0. The molecule has 1 saturated carbocycles. The van der Waals surface area contributed by atoms with Crippen molar-refractivity contribution in [1.29, 1.82) is 0 Å². The summed E-state index contributed by atoms with van der Waals surface area (Å²) in [5.41, 5.74) is 5.48. The van der Waals surface area contributed by atoms with E-state index >= 15 is 0 Å². The van der Waals surface area contributed by atoms with Crippen LogP contribution in [0.15, 0.2) is 18.2 Å². The van der Waals surface area contributed by atoms with E-state index in [2.05, 4.69) is 5.32 Å². The van der Waals surface area contributed by atoms with Gasteiger partial charge in [0.1, 0.15) is 5.82 Å². The third-order valence-corrected chi connectivity index (χ3v) is 5.31. The van der Waals surface area contributed by atoms with Crippen molar-refractivity contribution in [3.8, 4) is 0 Å². The molecule has 1 aromatic rings. The van der Waals surface area contributed by atoms with Gasteiger partial charge in [-0.3, -0.25) is 0 Å². The van der Waals surface area contributed by atoms with Gasteiger partial charge in [0.15, 0.2) is 0 Å². The van der Waals surface area contributed by atoms with Gasteiger partial charge in [-0.05, 0) is 43.9 Å². The minimum Gasteiger partial charge on any atom is -0.370 e. The van der Waals surface area contributed by atoms with Gasteiger partial charge in [0.05, 0.1) is 5.56 Å². The highest BCUT2D eigenvalue weighted by molar-refractivity contribution is 5.49. The van der Waals surface area contributed by atoms with Gasteiger partial charge in [0, 0.05) is 36.9 Å². The van der Waals surface area contributed by atoms with Gasteiger partial charge in [-0.2, -0.15) is 13.2 Å². The lowest BCUT2D eigenvalue weighted by Crippen LogP contribution is -2.55. The molecule has 1 aliphatic carbocycles. The van der Waals surface area contributed by atoms with Gasteiger partial charge < -0.3 is 16.0 Å². The normalized spacial score (nSPS) is 28.2. The largest absolute Gasteiger partial charge is 0.419 e. The van der Waals surface area contributed by atoms with Crippen LogP contribution < -0.4 is 16.0 Å². The van der Waals surface area contributed by atoms with E-state index in [1.807, 2.05) is 4.90 Å². The standard InChI is InChI=1S/C18H25F4N3/c19-15-10-13(7-8-14(15)18(20,21)22)25-9-3-4-12(11-25)24-17-6-2-1-5-16(17)23/h7-8,10,12,16-17,24H,1-6,9,11,23H2/t12?,16-,17-/m1/s1. The van der Waals surface area contributed by atoms with Crippen LogP contribution >= 0.6 is 0 Å².